The molecule has 0 fully saturated rings. The Morgan fingerprint density at radius 2 is 0.974 bits per heavy atom. The Morgan fingerprint density at radius 1 is 0.385 bits per heavy atom. The molecular weight excluding hydrogens is 478 g/mol. The summed E-state index contributed by atoms with van der Waals surface area (Å²) in [6.45, 7) is 0. The summed E-state index contributed by atoms with van der Waals surface area (Å²) < 4.78 is 14.9. The van der Waals surface area contributed by atoms with E-state index in [1.807, 2.05) is 12.1 Å². The Morgan fingerprint density at radius 3 is 1.79 bits per heavy atom. The van der Waals surface area contributed by atoms with Crippen molar-refractivity contribution in [2.75, 3.05) is 0 Å². The molecule has 3 aromatic heterocycles. The summed E-state index contributed by atoms with van der Waals surface area (Å²) in [5.74, 6) is 0. The maximum Gasteiger partial charge on any atom is 0.137 e. The van der Waals surface area contributed by atoms with Crippen LogP contribution in [-0.4, -0.2) is 4.57 Å². The van der Waals surface area contributed by atoms with Gasteiger partial charge in [-0.3, -0.25) is 0 Å². The number of furan rings is 2. The number of hydrogen-bond acceptors (Lipinski definition) is 2. The summed E-state index contributed by atoms with van der Waals surface area (Å²) in [4.78, 5) is 0. The second-order valence-corrected chi connectivity index (χ2v) is 10.1. The summed E-state index contributed by atoms with van der Waals surface area (Å²) in [5.41, 5.74) is 9.32. The van der Waals surface area contributed by atoms with Gasteiger partial charge >= 0.3 is 0 Å². The maximum atomic E-state index is 6.38. The van der Waals surface area contributed by atoms with Crippen molar-refractivity contribution >= 4 is 65.7 Å². The van der Waals surface area contributed by atoms with E-state index in [9.17, 15) is 0 Å². The van der Waals surface area contributed by atoms with E-state index in [1.165, 1.54) is 21.8 Å². The van der Waals surface area contributed by atoms with Gasteiger partial charge in [0.05, 0.1) is 22.1 Å². The van der Waals surface area contributed by atoms with Gasteiger partial charge in [0.15, 0.2) is 0 Å². The molecule has 39 heavy (non-hydrogen) atoms. The first-order valence-corrected chi connectivity index (χ1v) is 13.2. The minimum atomic E-state index is 0.881. The number of rotatable bonds is 2. The molecule has 0 atom stereocenters. The predicted molar refractivity (Wildman–Crippen MR) is 161 cm³/mol. The van der Waals surface area contributed by atoms with Crippen molar-refractivity contribution in [1.29, 1.82) is 0 Å². The molecule has 0 saturated carbocycles. The molecule has 3 heterocycles. The summed E-state index contributed by atoms with van der Waals surface area (Å²) in [7, 11) is 0. The Kier molecular flexibility index (Phi) is 4.05. The molecule has 6 aromatic carbocycles. The molecule has 0 aliphatic carbocycles. The molecule has 0 bridgehead atoms. The lowest BCUT2D eigenvalue weighted by atomic mass is 10.0. The van der Waals surface area contributed by atoms with Gasteiger partial charge in [0.1, 0.15) is 22.3 Å². The molecule has 182 valence electrons. The number of aromatic nitrogens is 1. The number of hydrogen-bond donors (Lipinski definition) is 0. The number of nitrogens with zero attached hydrogens (tertiary/aromatic N) is 1. The van der Waals surface area contributed by atoms with Gasteiger partial charge in [0.2, 0.25) is 0 Å². The van der Waals surface area contributed by atoms with Crippen LogP contribution in [0.25, 0.3) is 82.5 Å². The largest absolute Gasteiger partial charge is 0.456 e. The summed E-state index contributed by atoms with van der Waals surface area (Å²) in [6, 6.07) is 44.7. The Balaban J connectivity index is 1.31. The van der Waals surface area contributed by atoms with E-state index in [2.05, 4.69) is 120 Å². The molecule has 3 nitrogen and oxygen atoms in total. The van der Waals surface area contributed by atoms with Crippen LogP contribution >= 0.6 is 0 Å². The first-order chi connectivity index (χ1) is 19.3. The van der Waals surface area contributed by atoms with Gasteiger partial charge in [-0.15, -0.1) is 0 Å². The van der Waals surface area contributed by atoms with Crippen LogP contribution in [0.5, 0.6) is 0 Å². The fourth-order valence-corrected chi connectivity index (χ4v) is 6.26. The topological polar surface area (TPSA) is 31.2 Å². The molecule has 0 amide bonds. The van der Waals surface area contributed by atoms with E-state index < -0.39 is 0 Å². The first-order valence-electron chi connectivity index (χ1n) is 13.2. The van der Waals surface area contributed by atoms with Crippen LogP contribution in [0.1, 0.15) is 0 Å². The van der Waals surface area contributed by atoms with Gasteiger partial charge in [-0.25, -0.2) is 0 Å². The lowest BCUT2D eigenvalue weighted by molar-refractivity contribution is 0.669. The second kappa shape index (κ2) is 7.62. The standard InChI is InChI=1S/C36H21NO2/c1-4-11-29-24(8-1)25-9-2-5-12-30(25)37(29)31-13-7-15-34-36(31)28-20-22(17-19-33(28)38-34)23-16-18-27-26-10-3-6-14-32(26)39-35(27)21-23/h1-21H. The Bertz CT molecular complexity index is 2350. The third kappa shape index (κ3) is 2.87. The highest BCUT2D eigenvalue weighted by atomic mass is 16.3. The SMILES string of the molecule is c1ccc2c(c1)oc1cc(-c3ccc4oc5cccc(-n6c7ccccc7c7ccccc76)c5c4c3)ccc12. The zero-order valence-corrected chi connectivity index (χ0v) is 20.9. The van der Waals surface area contributed by atoms with Crippen molar-refractivity contribution < 1.29 is 8.83 Å². The molecule has 0 spiro atoms. The van der Waals surface area contributed by atoms with Crippen LogP contribution in [0.3, 0.4) is 0 Å². The van der Waals surface area contributed by atoms with Crippen molar-refractivity contribution in [3.63, 3.8) is 0 Å². The fraction of sp³-hybridized carbons (Fsp3) is 0. The van der Waals surface area contributed by atoms with Crippen LogP contribution in [0, 0.1) is 0 Å². The van der Waals surface area contributed by atoms with E-state index in [0.717, 1.165) is 60.7 Å². The highest BCUT2D eigenvalue weighted by Crippen LogP contribution is 2.40. The summed E-state index contributed by atoms with van der Waals surface area (Å²) >= 11 is 0. The van der Waals surface area contributed by atoms with Crippen LogP contribution in [-0.2, 0) is 0 Å². The van der Waals surface area contributed by atoms with Crippen molar-refractivity contribution in [3.05, 3.63) is 127 Å². The van der Waals surface area contributed by atoms with Crippen molar-refractivity contribution in [2.45, 2.75) is 0 Å². The number of benzene rings is 6. The molecule has 0 unspecified atom stereocenters. The molecular formula is C36H21NO2. The average Bonchev–Trinajstić information content (AvgIpc) is 3.66. The van der Waals surface area contributed by atoms with Gasteiger partial charge in [-0.1, -0.05) is 72.8 Å². The van der Waals surface area contributed by atoms with E-state index >= 15 is 0 Å². The zero-order chi connectivity index (χ0) is 25.5. The van der Waals surface area contributed by atoms with Crippen LogP contribution in [0.15, 0.2) is 136 Å². The third-order valence-corrected chi connectivity index (χ3v) is 8.01. The predicted octanol–water partition coefficient (Wildman–Crippen LogP) is 10.2. The molecule has 0 N–H and O–H groups in total. The van der Waals surface area contributed by atoms with Crippen molar-refractivity contribution in [3.8, 4) is 16.8 Å². The molecule has 0 saturated heterocycles. The number of fused-ring (bicyclic) bond motifs is 9. The first kappa shape index (κ1) is 20.7. The van der Waals surface area contributed by atoms with E-state index in [1.54, 1.807) is 0 Å². The van der Waals surface area contributed by atoms with Crippen LogP contribution < -0.4 is 0 Å². The molecule has 3 heteroatoms. The minimum Gasteiger partial charge on any atom is -0.456 e. The fourth-order valence-electron chi connectivity index (χ4n) is 6.26. The average molecular weight is 500 g/mol. The lowest BCUT2D eigenvalue weighted by Gasteiger charge is -2.10. The second-order valence-electron chi connectivity index (χ2n) is 10.1. The quantitative estimate of drug-likeness (QED) is 0.237. The van der Waals surface area contributed by atoms with Crippen molar-refractivity contribution in [1.82, 2.24) is 4.57 Å². The normalized spacial score (nSPS) is 12.1. The highest BCUT2D eigenvalue weighted by molar-refractivity contribution is 6.15. The lowest BCUT2D eigenvalue weighted by Crippen LogP contribution is -1.94. The molecule has 9 rings (SSSR count). The Labute approximate surface area is 223 Å². The van der Waals surface area contributed by atoms with E-state index in [-0.39, 0.29) is 0 Å². The third-order valence-electron chi connectivity index (χ3n) is 8.01. The zero-order valence-electron chi connectivity index (χ0n) is 20.9. The molecule has 0 radical (unpaired) electrons. The van der Waals surface area contributed by atoms with Crippen molar-refractivity contribution in [2.24, 2.45) is 0 Å². The molecule has 9 aromatic rings. The summed E-state index contributed by atoms with van der Waals surface area (Å²) in [6.07, 6.45) is 0. The maximum absolute atomic E-state index is 6.38. The highest BCUT2D eigenvalue weighted by Gasteiger charge is 2.18. The van der Waals surface area contributed by atoms with Gasteiger partial charge in [0.25, 0.3) is 0 Å². The van der Waals surface area contributed by atoms with Gasteiger partial charge < -0.3 is 13.4 Å². The molecule has 0 aliphatic heterocycles. The van der Waals surface area contributed by atoms with Gasteiger partial charge in [-0.05, 0) is 65.7 Å². The van der Waals surface area contributed by atoms with Crippen LogP contribution in [0.4, 0.5) is 0 Å². The van der Waals surface area contributed by atoms with E-state index in [4.69, 9.17) is 8.83 Å². The van der Waals surface area contributed by atoms with Gasteiger partial charge in [0, 0.05) is 26.9 Å². The molecule has 0 aliphatic rings. The van der Waals surface area contributed by atoms with Gasteiger partial charge in [-0.2, -0.15) is 0 Å². The summed E-state index contributed by atoms with van der Waals surface area (Å²) in [5, 5.41) is 7.00. The minimum absolute atomic E-state index is 0.881. The monoisotopic (exact) mass is 499 g/mol. The van der Waals surface area contributed by atoms with E-state index in [0.29, 0.717) is 0 Å². The Hall–Kier alpha value is -5.28. The van der Waals surface area contributed by atoms with Crippen LogP contribution in [0.2, 0.25) is 0 Å². The smallest absolute Gasteiger partial charge is 0.137 e. The number of para-hydroxylation sites is 3.